The summed E-state index contributed by atoms with van der Waals surface area (Å²) in [7, 11) is 3.91. The molecular formula is C14H19ClN2O4. The number of carbonyl (C=O) groups is 1. The van der Waals surface area contributed by atoms with Crippen LogP contribution in [0.3, 0.4) is 0 Å². The number of hydrogen-bond acceptors (Lipinski definition) is 5. The van der Waals surface area contributed by atoms with E-state index in [0.29, 0.717) is 29.6 Å². The molecule has 0 atom stereocenters. The van der Waals surface area contributed by atoms with E-state index < -0.39 is 5.97 Å². The smallest absolute Gasteiger partial charge is 0.317 e. The van der Waals surface area contributed by atoms with Crippen LogP contribution in [0.1, 0.15) is 5.56 Å². The lowest BCUT2D eigenvalue weighted by Gasteiger charge is -2.22. The van der Waals surface area contributed by atoms with Crippen LogP contribution in [0.2, 0.25) is 5.02 Å². The Morgan fingerprint density at radius 2 is 2.10 bits per heavy atom. The van der Waals surface area contributed by atoms with Crippen molar-refractivity contribution < 1.29 is 19.4 Å². The second kappa shape index (κ2) is 6.98. The minimum absolute atomic E-state index is 0.0140. The molecule has 1 heterocycles. The molecule has 0 radical (unpaired) electrons. The van der Waals surface area contributed by atoms with Crippen molar-refractivity contribution in [2.24, 2.45) is 0 Å². The van der Waals surface area contributed by atoms with Crippen LogP contribution in [-0.4, -0.2) is 61.4 Å². The van der Waals surface area contributed by atoms with E-state index >= 15 is 0 Å². The fourth-order valence-electron chi connectivity index (χ4n) is 2.12. The second-order valence-electron chi connectivity index (χ2n) is 5.22. The normalized spacial score (nSPS) is 13.2. The molecule has 1 N–H and O–H groups in total. The Balaban J connectivity index is 2.08. The van der Waals surface area contributed by atoms with Gasteiger partial charge in [0.15, 0.2) is 11.5 Å². The molecule has 116 valence electrons. The fourth-order valence-corrected chi connectivity index (χ4v) is 2.40. The molecule has 0 saturated carbocycles. The van der Waals surface area contributed by atoms with Crippen LogP contribution in [0.15, 0.2) is 12.1 Å². The molecule has 6 nitrogen and oxygen atoms in total. The number of fused-ring (bicyclic) bond motifs is 1. The summed E-state index contributed by atoms with van der Waals surface area (Å²) in [5.41, 5.74) is 0.907. The van der Waals surface area contributed by atoms with Gasteiger partial charge in [-0.3, -0.25) is 9.69 Å². The number of ether oxygens (including phenoxy) is 2. The first-order valence-electron chi connectivity index (χ1n) is 6.62. The van der Waals surface area contributed by atoms with Crippen LogP contribution in [0.5, 0.6) is 11.5 Å². The first-order valence-corrected chi connectivity index (χ1v) is 7.00. The molecule has 0 spiro atoms. The summed E-state index contributed by atoms with van der Waals surface area (Å²) in [5, 5.41) is 9.50. The van der Waals surface area contributed by atoms with Gasteiger partial charge in [0.1, 0.15) is 0 Å². The minimum Gasteiger partial charge on any atom is -0.480 e. The van der Waals surface area contributed by atoms with E-state index in [0.717, 1.165) is 12.1 Å². The summed E-state index contributed by atoms with van der Waals surface area (Å²) in [6.45, 7) is 2.09. The van der Waals surface area contributed by atoms with Crippen LogP contribution in [0.4, 0.5) is 0 Å². The lowest BCUT2D eigenvalue weighted by molar-refractivity contribution is -0.138. The molecule has 2 rings (SSSR count). The quantitative estimate of drug-likeness (QED) is 0.823. The van der Waals surface area contributed by atoms with Gasteiger partial charge in [0, 0.05) is 19.6 Å². The Labute approximate surface area is 128 Å². The van der Waals surface area contributed by atoms with Crippen LogP contribution in [0.25, 0.3) is 0 Å². The van der Waals surface area contributed by atoms with Crippen molar-refractivity contribution in [1.82, 2.24) is 9.80 Å². The average molecular weight is 315 g/mol. The summed E-state index contributed by atoms with van der Waals surface area (Å²) >= 11 is 6.14. The number of hydrogen-bond donors (Lipinski definition) is 1. The zero-order valence-corrected chi connectivity index (χ0v) is 12.9. The van der Waals surface area contributed by atoms with Gasteiger partial charge in [0.25, 0.3) is 0 Å². The van der Waals surface area contributed by atoms with Gasteiger partial charge < -0.3 is 19.5 Å². The highest BCUT2D eigenvalue weighted by Gasteiger charge is 2.19. The first kappa shape index (κ1) is 15.9. The van der Waals surface area contributed by atoms with E-state index in [2.05, 4.69) is 0 Å². The molecule has 1 aliphatic heterocycles. The van der Waals surface area contributed by atoms with Crippen LogP contribution < -0.4 is 9.47 Å². The highest BCUT2D eigenvalue weighted by Crippen LogP contribution is 2.39. The zero-order valence-electron chi connectivity index (χ0n) is 12.1. The van der Waals surface area contributed by atoms with Crippen molar-refractivity contribution in [3.05, 3.63) is 22.7 Å². The maximum absolute atomic E-state index is 11.0. The van der Waals surface area contributed by atoms with Crippen molar-refractivity contribution in [3.8, 4) is 11.5 Å². The van der Waals surface area contributed by atoms with Crippen LogP contribution >= 0.6 is 11.6 Å². The highest BCUT2D eigenvalue weighted by atomic mass is 35.5. The molecule has 0 fully saturated rings. The summed E-state index contributed by atoms with van der Waals surface area (Å²) in [6.07, 6.45) is 0. The summed E-state index contributed by atoms with van der Waals surface area (Å²) in [5.74, 6) is 0.319. The number of rotatable bonds is 7. The number of carboxylic acid groups (broad SMARTS) is 1. The zero-order chi connectivity index (χ0) is 15.4. The topological polar surface area (TPSA) is 62.2 Å². The average Bonchev–Trinajstić information content (AvgIpc) is 2.84. The van der Waals surface area contributed by atoms with E-state index in [1.165, 1.54) is 0 Å². The molecular weight excluding hydrogens is 296 g/mol. The van der Waals surface area contributed by atoms with Crippen molar-refractivity contribution >= 4 is 17.6 Å². The van der Waals surface area contributed by atoms with Crippen LogP contribution in [0, 0.1) is 0 Å². The fraction of sp³-hybridized carbons (Fsp3) is 0.500. The van der Waals surface area contributed by atoms with E-state index in [4.69, 9.17) is 26.2 Å². The van der Waals surface area contributed by atoms with Gasteiger partial charge in [0.2, 0.25) is 6.79 Å². The van der Waals surface area contributed by atoms with E-state index in [-0.39, 0.29) is 13.3 Å². The van der Waals surface area contributed by atoms with Crippen LogP contribution in [-0.2, 0) is 11.3 Å². The van der Waals surface area contributed by atoms with Gasteiger partial charge in [0.05, 0.1) is 11.6 Å². The summed E-state index contributed by atoms with van der Waals surface area (Å²) < 4.78 is 10.6. The molecule has 0 saturated heterocycles. The van der Waals surface area contributed by atoms with Crippen molar-refractivity contribution in [2.75, 3.05) is 40.5 Å². The third kappa shape index (κ3) is 4.49. The van der Waals surface area contributed by atoms with Gasteiger partial charge >= 0.3 is 5.97 Å². The molecule has 0 bridgehead atoms. The van der Waals surface area contributed by atoms with E-state index in [1.807, 2.05) is 30.0 Å². The summed E-state index contributed by atoms with van der Waals surface area (Å²) in [4.78, 5) is 14.8. The summed E-state index contributed by atoms with van der Waals surface area (Å²) in [6, 6.07) is 3.64. The predicted octanol–water partition coefficient (Wildman–Crippen LogP) is 1.52. The molecule has 1 aliphatic rings. The number of aliphatic carboxylic acids is 1. The second-order valence-corrected chi connectivity index (χ2v) is 5.63. The monoisotopic (exact) mass is 314 g/mol. The lowest BCUT2D eigenvalue weighted by Crippen LogP contribution is -2.35. The Bertz CT molecular complexity index is 522. The van der Waals surface area contributed by atoms with E-state index in [1.54, 1.807) is 6.07 Å². The lowest BCUT2D eigenvalue weighted by atomic mass is 10.2. The molecule has 21 heavy (non-hydrogen) atoms. The minimum atomic E-state index is -0.847. The largest absolute Gasteiger partial charge is 0.480 e. The highest BCUT2D eigenvalue weighted by molar-refractivity contribution is 6.32. The molecule has 0 unspecified atom stereocenters. The molecule has 0 aliphatic carbocycles. The molecule has 7 heteroatoms. The van der Waals surface area contributed by atoms with Crippen molar-refractivity contribution in [2.45, 2.75) is 6.54 Å². The predicted molar refractivity (Wildman–Crippen MR) is 79.0 cm³/mol. The van der Waals surface area contributed by atoms with E-state index in [9.17, 15) is 4.79 Å². The third-order valence-corrected chi connectivity index (χ3v) is 3.40. The third-order valence-electron chi connectivity index (χ3n) is 3.12. The first-order chi connectivity index (χ1) is 9.95. The number of nitrogens with zero attached hydrogens (tertiary/aromatic N) is 2. The number of benzene rings is 1. The van der Waals surface area contributed by atoms with Crippen molar-refractivity contribution in [3.63, 3.8) is 0 Å². The van der Waals surface area contributed by atoms with Gasteiger partial charge in [-0.2, -0.15) is 0 Å². The van der Waals surface area contributed by atoms with Gasteiger partial charge in [-0.15, -0.1) is 0 Å². The number of halogens is 1. The van der Waals surface area contributed by atoms with Gasteiger partial charge in [-0.25, -0.2) is 0 Å². The Kier molecular flexibility index (Phi) is 5.27. The van der Waals surface area contributed by atoms with Gasteiger partial charge in [-0.05, 0) is 31.8 Å². The SMILES string of the molecule is CN(C)CCN(CC(=O)O)Cc1cc(Cl)c2c(c1)OCO2. The molecule has 0 amide bonds. The van der Waals surface area contributed by atoms with Crippen molar-refractivity contribution in [1.29, 1.82) is 0 Å². The Morgan fingerprint density at radius 1 is 1.33 bits per heavy atom. The Hall–Kier alpha value is -1.50. The Morgan fingerprint density at radius 3 is 2.76 bits per heavy atom. The molecule has 1 aromatic rings. The standard InChI is InChI=1S/C14H19ClN2O4/c1-16(2)3-4-17(8-13(18)19)7-10-5-11(15)14-12(6-10)20-9-21-14/h5-6H,3-4,7-9H2,1-2H3,(H,18,19). The molecule has 0 aromatic heterocycles. The number of carboxylic acids is 1. The maximum atomic E-state index is 11.0. The molecule has 1 aromatic carbocycles. The maximum Gasteiger partial charge on any atom is 0.317 e. The number of likely N-dealkylation sites (N-methyl/N-ethyl adjacent to an activating group) is 1. The van der Waals surface area contributed by atoms with Gasteiger partial charge in [-0.1, -0.05) is 11.6 Å².